The van der Waals surface area contributed by atoms with Gasteiger partial charge in [0.1, 0.15) is 0 Å². The molecule has 0 bridgehead atoms. The van der Waals surface area contributed by atoms with Gasteiger partial charge >= 0.3 is 0 Å². The van der Waals surface area contributed by atoms with Crippen molar-refractivity contribution in [1.29, 1.82) is 0 Å². The molecule has 0 aliphatic carbocycles. The first kappa shape index (κ1) is 26.6. The number of aromatic nitrogens is 3. The Labute approximate surface area is 183 Å². The van der Waals surface area contributed by atoms with Crippen LogP contribution >= 0.6 is 0 Å². The van der Waals surface area contributed by atoms with Crippen LogP contribution in [0.25, 0.3) is 0 Å². The van der Waals surface area contributed by atoms with Crippen LogP contribution in [0.3, 0.4) is 0 Å². The monoisotopic (exact) mass is 423 g/mol. The molecule has 0 unspecified atom stereocenters. The van der Waals surface area contributed by atoms with Crippen LogP contribution in [0.5, 0.6) is 0 Å². The van der Waals surface area contributed by atoms with E-state index in [2.05, 4.69) is 90.2 Å². The molecular formula is C23H45N5O2. The molecule has 1 rings (SSSR count). The van der Waals surface area contributed by atoms with E-state index in [1.165, 1.54) is 0 Å². The van der Waals surface area contributed by atoms with E-state index >= 15 is 0 Å². The van der Waals surface area contributed by atoms with Crippen molar-refractivity contribution >= 4 is 5.91 Å². The number of carbonyl (C=O) groups excluding carboxylic acids is 1. The van der Waals surface area contributed by atoms with Gasteiger partial charge in [-0.2, -0.15) is 0 Å². The molecule has 0 radical (unpaired) electrons. The summed E-state index contributed by atoms with van der Waals surface area (Å²) in [6.45, 7) is 23.8. The van der Waals surface area contributed by atoms with Crippen LogP contribution in [0, 0.1) is 10.8 Å². The predicted octanol–water partition coefficient (Wildman–Crippen LogP) is 3.93. The second-order valence-electron chi connectivity index (χ2n) is 12.1. The van der Waals surface area contributed by atoms with E-state index in [4.69, 9.17) is 4.74 Å². The van der Waals surface area contributed by atoms with Gasteiger partial charge in [-0.25, -0.2) is 0 Å². The number of hydrogen-bond acceptors (Lipinski definition) is 5. The van der Waals surface area contributed by atoms with Crippen molar-refractivity contribution in [3.63, 3.8) is 0 Å². The van der Waals surface area contributed by atoms with Gasteiger partial charge in [-0.05, 0) is 46.5 Å². The standard InChI is InChI=1S/C23H45N5O2/c1-20(2,3)13-19(29)24-12-11-23(9,10)30-17-22(7,8)16-28-15-18(26-27-28)14-25-21(4,5)6/h15,25H,11-14,16-17H2,1-10H3,(H,24,29). The van der Waals surface area contributed by atoms with Crippen LogP contribution in [0.4, 0.5) is 0 Å². The topological polar surface area (TPSA) is 81.1 Å². The van der Waals surface area contributed by atoms with Gasteiger partial charge in [0, 0.05) is 43.2 Å². The lowest BCUT2D eigenvalue weighted by atomic mass is 9.92. The summed E-state index contributed by atoms with van der Waals surface area (Å²) in [6.07, 6.45) is 3.30. The van der Waals surface area contributed by atoms with Crippen molar-refractivity contribution in [2.45, 2.75) is 106 Å². The maximum absolute atomic E-state index is 12.0. The highest BCUT2D eigenvalue weighted by atomic mass is 16.5. The van der Waals surface area contributed by atoms with Crippen molar-refractivity contribution in [2.75, 3.05) is 13.2 Å². The zero-order valence-electron chi connectivity index (χ0n) is 21.0. The molecule has 1 aromatic rings. The van der Waals surface area contributed by atoms with Crippen LogP contribution in [-0.2, 0) is 22.6 Å². The molecule has 1 amide bonds. The Kier molecular flexibility index (Phi) is 9.06. The van der Waals surface area contributed by atoms with E-state index < -0.39 is 0 Å². The van der Waals surface area contributed by atoms with E-state index in [0.717, 1.165) is 18.7 Å². The van der Waals surface area contributed by atoms with Crippen LogP contribution in [0.15, 0.2) is 6.20 Å². The lowest BCUT2D eigenvalue weighted by molar-refractivity contribution is -0.123. The van der Waals surface area contributed by atoms with Crippen molar-refractivity contribution in [2.24, 2.45) is 10.8 Å². The Hall–Kier alpha value is -1.47. The Balaban J connectivity index is 2.44. The van der Waals surface area contributed by atoms with Crippen molar-refractivity contribution < 1.29 is 9.53 Å². The summed E-state index contributed by atoms with van der Waals surface area (Å²) in [4.78, 5) is 12.0. The zero-order valence-corrected chi connectivity index (χ0v) is 21.0. The molecule has 0 aliphatic heterocycles. The number of nitrogens with one attached hydrogen (secondary N) is 2. The SMILES string of the molecule is CC(C)(C)CC(=O)NCCC(C)(C)OCC(C)(C)Cn1cc(CNC(C)(C)C)nn1. The van der Waals surface area contributed by atoms with E-state index in [1.807, 2.05) is 10.9 Å². The summed E-state index contributed by atoms with van der Waals surface area (Å²) < 4.78 is 8.11. The summed E-state index contributed by atoms with van der Waals surface area (Å²) in [5.41, 5.74) is 0.595. The van der Waals surface area contributed by atoms with Crippen LogP contribution < -0.4 is 10.6 Å². The molecule has 0 spiro atoms. The van der Waals surface area contributed by atoms with Crippen LogP contribution in [0.1, 0.15) is 87.8 Å². The first-order valence-electron chi connectivity index (χ1n) is 11.0. The normalized spacial score (nSPS) is 13.5. The Morgan fingerprint density at radius 3 is 2.27 bits per heavy atom. The maximum atomic E-state index is 12.0. The highest BCUT2D eigenvalue weighted by molar-refractivity contribution is 5.76. The minimum absolute atomic E-state index is 0.00412. The fraction of sp³-hybridized carbons (Fsp3) is 0.870. The van der Waals surface area contributed by atoms with Gasteiger partial charge in [0.05, 0.1) is 17.9 Å². The van der Waals surface area contributed by atoms with Gasteiger partial charge in [0.25, 0.3) is 0 Å². The highest BCUT2D eigenvalue weighted by Gasteiger charge is 2.26. The molecule has 0 aliphatic rings. The molecule has 0 aromatic carbocycles. The number of nitrogens with zero attached hydrogens (tertiary/aromatic N) is 3. The second-order valence-corrected chi connectivity index (χ2v) is 12.1. The van der Waals surface area contributed by atoms with E-state index in [-0.39, 0.29) is 27.9 Å². The van der Waals surface area contributed by atoms with E-state index in [0.29, 0.717) is 26.1 Å². The third-order valence-corrected chi connectivity index (χ3v) is 4.57. The lowest BCUT2D eigenvalue weighted by Crippen LogP contribution is -2.37. The fourth-order valence-corrected chi connectivity index (χ4v) is 2.85. The Bertz CT molecular complexity index is 666. The van der Waals surface area contributed by atoms with Gasteiger partial charge in [-0.15, -0.1) is 5.10 Å². The molecule has 0 fully saturated rings. The van der Waals surface area contributed by atoms with E-state index in [1.54, 1.807) is 0 Å². The quantitative estimate of drug-likeness (QED) is 0.564. The van der Waals surface area contributed by atoms with Crippen molar-refractivity contribution in [3.05, 3.63) is 11.9 Å². The zero-order chi connectivity index (χ0) is 23.2. The maximum Gasteiger partial charge on any atom is 0.220 e. The van der Waals surface area contributed by atoms with Gasteiger partial charge < -0.3 is 15.4 Å². The van der Waals surface area contributed by atoms with Gasteiger partial charge in [0.15, 0.2) is 0 Å². The summed E-state index contributed by atoms with van der Waals surface area (Å²) in [5, 5.41) is 15.0. The predicted molar refractivity (Wildman–Crippen MR) is 122 cm³/mol. The highest BCUT2D eigenvalue weighted by Crippen LogP contribution is 2.24. The number of carbonyl (C=O) groups is 1. The molecule has 0 saturated carbocycles. The number of ether oxygens (including phenoxy) is 1. The Morgan fingerprint density at radius 2 is 1.70 bits per heavy atom. The third kappa shape index (κ3) is 12.3. The number of amides is 1. The van der Waals surface area contributed by atoms with Crippen molar-refractivity contribution in [1.82, 2.24) is 25.6 Å². The molecule has 30 heavy (non-hydrogen) atoms. The lowest BCUT2D eigenvalue weighted by Gasteiger charge is -2.32. The number of rotatable bonds is 11. The summed E-state index contributed by atoms with van der Waals surface area (Å²) in [6, 6.07) is 0. The van der Waals surface area contributed by atoms with Crippen LogP contribution in [0.2, 0.25) is 0 Å². The first-order valence-corrected chi connectivity index (χ1v) is 11.0. The second kappa shape index (κ2) is 10.2. The van der Waals surface area contributed by atoms with Crippen LogP contribution in [-0.4, -0.2) is 45.2 Å². The number of hydrogen-bond donors (Lipinski definition) is 2. The molecule has 174 valence electrons. The molecule has 7 heteroatoms. The third-order valence-electron chi connectivity index (χ3n) is 4.57. The average Bonchev–Trinajstić information content (AvgIpc) is 2.95. The van der Waals surface area contributed by atoms with Gasteiger partial charge in [-0.1, -0.05) is 39.8 Å². The largest absolute Gasteiger partial charge is 0.375 e. The molecule has 2 N–H and O–H groups in total. The summed E-state index contributed by atoms with van der Waals surface area (Å²) in [5.74, 6) is 0.0987. The summed E-state index contributed by atoms with van der Waals surface area (Å²) in [7, 11) is 0. The Morgan fingerprint density at radius 1 is 1.07 bits per heavy atom. The molecule has 7 nitrogen and oxygen atoms in total. The summed E-state index contributed by atoms with van der Waals surface area (Å²) >= 11 is 0. The molecule has 1 heterocycles. The smallest absolute Gasteiger partial charge is 0.220 e. The van der Waals surface area contributed by atoms with Crippen molar-refractivity contribution in [3.8, 4) is 0 Å². The van der Waals surface area contributed by atoms with Gasteiger partial charge in [0.2, 0.25) is 5.91 Å². The molecule has 0 saturated heterocycles. The average molecular weight is 424 g/mol. The first-order chi connectivity index (χ1) is 13.5. The fourth-order valence-electron chi connectivity index (χ4n) is 2.85. The van der Waals surface area contributed by atoms with Gasteiger partial charge in [-0.3, -0.25) is 9.48 Å². The molecule has 1 aromatic heterocycles. The minimum atomic E-state index is -0.309. The molecular weight excluding hydrogens is 378 g/mol. The van der Waals surface area contributed by atoms with E-state index in [9.17, 15) is 4.79 Å². The minimum Gasteiger partial charge on any atom is -0.375 e. The molecule has 0 atom stereocenters.